The second-order valence-electron chi connectivity index (χ2n) is 5.15. The van der Waals surface area contributed by atoms with Crippen LogP contribution < -0.4 is 62.9 Å². The van der Waals surface area contributed by atoms with E-state index >= 15 is 0 Å². The van der Waals surface area contributed by atoms with E-state index in [9.17, 15) is 19.2 Å². The molecule has 0 rings (SSSR count). The first-order valence-electron chi connectivity index (χ1n) is 9.27. The van der Waals surface area contributed by atoms with Crippen molar-refractivity contribution in [2.24, 2.45) is 11.5 Å². The predicted molar refractivity (Wildman–Crippen MR) is 109 cm³/mol. The monoisotopic (exact) mass is 452 g/mol. The predicted octanol–water partition coefficient (Wildman–Crippen LogP) is -0.495. The van der Waals surface area contributed by atoms with Crippen molar-refractivity contribution in [3.05, 3.63) is 0 Å². The van der Waals surface area contributed by atoms with Crippen molar-refractivity contribution < 1.29 is 92.4 Å². The van der Waals surface area contributed by atoms with Crippen molar-refractivity contribution in [2.45, 2.75) is 79.1 Å². The third kappa shape index (κ3) is 115. The third-order valence-electron chi connectivity index (χ3n) is 2.02. The number of carboxylic acids is 4. The summed E-state index contributed by atoms with van der Waals surface area (Å²) < 4.78 is 0. The van der Waals surface area contributed by atoms with Crippen LogP contribution in [-0.4, -0.2) is 57.4 Å². The summed E-state index contributed by atoms with van der Waals surface area (Å²) >= 11 is 0. The minimum atomic E-state index is -0.711. The first kappa shape index (κ1) is 42.5. The van der Waals surface area contributed by atoms with Crippen LogP contribution >= 0.6 is 0 Å². The van der Waals surface area contributed by atoms with Crippen LogP contribution in [0.3, 0.4) is 0 Å². The van der Waals surface area contributed by atoms with Gasteiger partial charge < -0.3 is 33.3 Å². The Kier molecular flexibility index (Phi) is 61.2. The standard InChI is InChI=1S/4C4H8O2.C2H8N2.K.H/c4*1-2-3-4(5)6;3-1-2-4;;/h4*2-3H2,1H3,(H,5,6);1-4H2;;/q;;;;;+1;-1. The van der Waals surface area contributed by atoms with Crippen molar-refractivity contribution >= 4 is 23.9 Å². The molecule has 0 heterocycles. The van der Waals surface area contributed by atoms with Gasteiger partial charge >= 0.3 is 75.3 Å². The number of aliphatic carboxylic acids is 4. The minimum Gasteiger partial charge on any atom is -1.00 e. The summed E-state index contributed by atoms with van der Waals surface area (Å²) in [5, 5.41) is 31.7. The number of rotatable bonds is 9. The van der Waals surface area contributed by atoms with E-state index in [1.165, 1.54) is 0 Å². The molecular formula is C18H41KN2O8. The van der Waals surface area contributed by atoms with Crippen molar-refractivity contribution in [1.29, 1.82) is 0 Å². The molecule has 29 heavy (non-hydrogen) atoms. The maximum atomic E-state index is 9.60. The molecule has 0 aromatic heterocycles. The summed E-state index contributed by atoms with van der Waals surface area (Å²) in [5.74, 6) is -2.84. The van der Waals surface area contributed by atoms with E-state index in [4.69, 9.17) is 31.9 Å². The molecule has 0 saturated heterocycles. The van der Waals surface area contributed by atoms with Crippen molar-refractivity contribution in [2.75, 3.05) is 13.1 Å². The molecule has 0 unspecified atom stereocenters. The van der Waals surface area contributed by atoms with Crippen molar-refractivity contribution in [1.82, 2.24) is 0 Å². The smallest absolute Gasteiger partial charge is 1.00 e. The van der Waals surface area contributed by atoms with Gasteiger partial charge in [-0.1, -0.05) is 27.7 Å². The largest absolute Gasteiger partial charge is 1.00 e. The Hall–Kier alpha value is -0.564. The summed E-state index contributed by atoms with van der Waals surface area (Å²) in [5.41, 5.74) is 9.81. The van der Waals surface area contributed by atoms with E-state index in [1.54, 1.807) is 0 Å². The molecule has 0 bridgehead atoms. The molecule has 0 aromatic carbocycles. The first-order chi connectivity index (χ1) is 13.0. The SMILES string of the molecule is CCCC(=O)O.CCCC(=O)O.CCCC(=O)O.CCCC(=O)O.NCCN.[H-].[K+]. The van der Waals surface area contributed by atoms with Gasteiger partial charge in [0, 0.05) is 38.8 Å². The molecule has 0 aliphatic carbocycles. The number of carboxylic acid groups (broad SMARTS) is 4. The minimum absolute atomic E-state index is 0. The van der Waals surface area contributed by atoms with Crippen LogP contribution in [0, 0.1) is 0 Å². The topological polar surface area (TPSA) is 201 Å². The van der Waals surface area contributed by atoms with Gasteiger partial charge in [0.15, 0.2) is 0 Å². The van der Waals surface area contributed by atoms with E-state index in [0.717, 1.165) is 25.7 Å². The van der Waals surface area contributed by atoms with Crippen LogP contribution in [0.4, 0.5) is 0 Å². The van der Waals surface area contributed by atoms with E-state index in [1.807, 2.05) is 27.7 Å². The molecule has 0 amide bonds. The molecule has 0 saturated carbocycles. The van der Waals surface area contributed by atoms with E-state index < -0.39 is 23.9 Å². The Bertz CT molecular complexity index is 310. The van der Waals surface area contributed by atoms with Crippen LogP contribution in [0.15, 0.2) is 0 Å². The molecule has 10 nitrogen and oxygen atoms in total. The molecule has 172 valence electrons. The van der Waals surface area contributed by atoms with Gasteiger partial charge in [-0.3, -0.25) is 19.2 Å². The number of nitrogens with two attached hydrogens (primary N) is 2. The fourth-order valence-electron chi connectivity index (χ4n) is 0.855. The third-order valence-corrected chi connectivity index (χ3v) is 2.02. The molecule has 0 radical (unpaired) electrons. The summed E-state index contributed by atoms with van der Waals surface area (Å²) in [7, 11) is 0. The number of hydrogen-bond acceptors (Lipinski definition) is 6. The Morgan fingerprint density at radius 3 is 0.690 bits per heavy atom. The zero-order chi connectivity index (χ0) is 23.4. The summed E-state index contributed by atoms with van der Waals surface area (Å²) in [6.07, 6.45) is 4.09. The van der Waals surface area contributed by atoms with Gasteiger partial charge in [0.05, 0.1) is 0 Å². The Morgan fingerprint density at radius 1 is 0.552 bits per heavy atom. The van der Waals surface area contributed by atoms with Crippen LogP contribution in [0.2, 0.25) is 0 Å². The average molecular weight is 453 g/mol. The van der Waals surface area contributed by atoms with Gasteiger partial charge in [-0.05, 0) is 25.7 Å². The van der Waals surface area contributed by atoms with Gasteiger partial charge in [0.25, 0.3) is 0 Å². The molecular weight excluding hydrogens is 411 g/mol. The van der Waals surface area contributed by atoms with Gasteiger partial charge in [0.1, 0.15) is 0 Å². The molecule has 0 aliphatic rings. The average Bonchev–Trinajstić information content (AvgIpc) is 2.56. The normalized spacial score (nSPS) is 7.79. The van der Waals surface area contributed by atoms with E-state index in [2.05, 4.69) is 0 Å². The molecule has 0 aliphatic heterocycles. The van der Waals surface area contributed by atoms with Gasteiger partial charge in [-0.25, -0.2) is 0 Å². The maximum Gasteiger partial charge on any atom is 1.00 e. The quantitative estimate of drug-likeness (QED) is 0.248. The second-order valence-corrected chi connectivity index (χ2v) is 5.15. The van der Waals surface area contributed by atoms with Crippen LogP contribution in [0.1, 0.15) is 80.5 Å². The fraction of sp³-hybridized carbons (Fsp3) is 0.778. The van der Waals surface area contributed by atoms with Crippen molar-refractivity contribution in [3.8, 4) is 0 Å². The zero-order valence-electron chi connectivity index (χ0n) is 19.6. The van der Waals surface area contributed by atoms with E-state index in [0.29, 0.717) is 38.8 Å². The molecule has 0 spiro atoms. The fourth-order valence-corrected chi connectivity index (χ4v) is 0.855. The van der Waals surface area contributed by atoms with Gasteiger partial charge in [-0.2, -0.15) is 0 Å². The Morgan fingerprint density at radius 2 is 0.690 bits per heavy atom. The maximum absolute atomic E-state index is 9.60. The van der Waals surface area contributed by atoms with Crippen molar-refractivity contribution in [3.63, 3.8) is 0 Å². The van der Waals surface area contributed by atoms with Gasteiger partial charge in [-0.15, -0.1) is 0 Å². The molecule has 0 fully saturated rings. The molecule has 0 atom stereocenters. The van der Waals surface area contributed by atoms with Crippen LogP contribution in [0.25, 0.3) is 0 Å². The number of hydrogen-bond donors (Lipinski definition) is 6. The zero-order valence-corrected chi connectivity index (χ0v) is 21.8. The molecule has 0 aromatic rings. The Labute approximate surface area is 218 Å². The summed E-state index contributed by atoms with van der Waals surface area (Å²) in [6, 6.07) is 0. The number of carbonyl (C=O) groups is 4. The second kappa shape index (κ2) is 41.7. The Balaban J connectivity index is -0.0000000436. The van der Waals surface area contributed by atoms with Crippen LogP contribution in [0.5, 0.6) is 0 Å². The van der Waals surface area contributed by atoms with E-state index in [-0.39, 0.29) is 52.8 Å². The van der Waals surface area contributed by atoms with Crippen LogP contribution in [-0.2, 0) is 19.2 Å². The summed E-state index contributed by atoms with van der Waals surface area (Å²) in [4.78, 5) is 38.4. The molecule has 11 heteroatoms. The van der Waals surface area contributed by atoms with Gasteiger partial charge in [0.2, 0.25) is 0 Å². The molecule has 8 N–H and O–H groups in total. The summed E-state index contributed by atoms with van der Waals surface area (Å²) in [6.45, 7) is 8.56. The first-order valence-corrected chi connectivity index (χ1v) is 9.27.